The molecule has 0 saturated carbocycles. The summed E-state index contributed by atoms with van der Waals surface area (Å²) in [6.45, 7) is 3.94. The minimum atomic E-state index is -0.0603. The number of H-pyrrole nitrogens is 1. The van der Waals surface area contributed by atoms with Gasteiger partial charge >= 0.3 is 0 Å². The van der Waals surface area contributed by atoms with Crippen LogP contribution in [0.15, 0.2) is 79.0 Å². The zero-order chi connectivity index (χ0) is 24.6. The molecule has 1 aliphatic rings. The number of carbonyl (C=O) groups is 1. The van der Waals surface area contributed by atoms with E-state index in [9.17, 15) is 10.2 Å². The van der Waals surface area contributed by atoms with Gasteiger partial charge in [-0.15, -0.1) is 0 Å². The highest BCUT2D eigenvalue weighted by atomic mass is 16.1. The summed E-state index contributed by atoms with van der Waals surface area (Å²) in [6.07, 6.45) is 3.85. The Bertz CT molecular complexity index is 1620. The molecule has 1 fully saturated rings. The first kappa shape index (κ1) is 22.2. The molecule has 0 unspecified atom stereocenters. The van der Waals surface area contributed by atoms with Crippen LogP contribution in [-0.4, -0.2) is 33.1 Å². The predicted octanol–water partition coefficient (Wildman–Crippen LogP) is 5.25. The largest absolute Gasteiger partial charge is 0.370 e. The standard InChI is InChI=1S/C29H30N6O/c1-20(36)32-25-8-2-3-10-26(25)33-17-14-22(15-18-33)35-28-12-5-4-11-27(28)34(29(35)30)19-21-7-6-9-24-23(21)13-16-31-24/h2-13,16,22,30-31H,14-15,17-19H2,1H3,(H,32,36). The molecule has 0 radical (unpaired) electrons. The van der Waals surface area contributed by atoms with Gasteiger partial charge in [0.15, 0.2) is 0 Å². The molecule has 3 heterocycles. The fraction of sp³-hybridized carbons (Fsp3) is 0.241. The van der Waals surface area contributed by atoms with E-state index in [4.69, 9.17) is 0 Å². The summed E-state index contributed by atoms with van der Waals surface area (Å²) in [5.41, 5.74) is 6.99. The normalized spacial score (nSPS) is 14.5. The summed E-state index contributed by atoms with van der Waals surface area (Å²) in [4.78, 5) is 17.3. The summed E-state index contributed by atoms with van der Waals surface area (Å²) < 4.78 is 4.36. The second-order valence-electron chi connectivity index (χ2n) is 9.54. The number of imidazole rings is 1. The van der Waals surface area contributed by atoms with Gasteiger partial charge in [0.1, 0.15) is 0 Å². The van der Waals surface area contributed by atoms with Gasteiger partial charge in [-0.2, -0.15) is 0 Å². The lowest BCUT2D eigenvalue weighted by molar-refractivity contribution is -0.114. The molecule has 7 heteroatoms. The van der Waals surface area contributed by atoms with Crippen LogP contribution in [0, 0.1) is 5.41 Å². The third kappa shape index (κ3) is 3.86. The van der Waals surface area contributed by atoms with Crippen molar-refractivity contribution in [3.8, 4) is 0 Å². The van der Waals surface area contributed by atoms with E-state index >= 15 is 0 Å². The van der Waals surface area contributed by atoms with Crippen molar-refractivity contribution in [2.24, 2.45) is 0 Å². The third-order valence-corrected chi connectivity index (χ3v) is 7.31. The van der Waals surface area contributed by atoms with Crippen molar-refractivity contribution in [1.29, 1.82) is 5.41 Å². The number of nitrogens with one attached hydrogen (secondary N) is 3. The molecule has 2 aromatic heterocycles. The molecule has 182 valence electrons. The van der Waals surface area contributed by atoms with Crippen molar-refractivity contribution >= 4 is 39.2 Å². The molecular weight excluding hydrogens is 448 g/mol. The highest BCUT2D eigenvalue weighted by Gasteiger charge is 2.25. The van der Waals surface area contributed by atoms with E-state index < -0.39 is 0 Å². The molecule has 0 bridgehead atoms. The molecule has 1 saturated heterocycles. The van der Waals surface area contributed by atoms with Crippen molar-refractivity contribution in [2.45, 2.75) is 32.4 Å². The Balaban J connectivity index is 1.31. The average Bonchev–Trinajstić information content (AvgIpc) is 3.48. The highest BCUT2D eigenvalue weighted by molar-refractivity contribution is 5.92. The molecule has 6 rings (SSSR count). The van der Waals surface area contributed by atoms with Gasteiger partial charge in [-0.3, -0.25) is 10.2 Å². The summed E-state index contributed by atoms with van der Waals surface area (Å²) in [6, 6.07) is 25.1. The molecule has 1 amide bonds. The Labute approximate surface area is 209 Å². The number of aromatic amines is 1. The van der Waals surface area contributed by atoms with Crippen LogP contribution < -0.4 is 15.8 Å². The van der Waals surface area contributed by atoms with Crippen LogP contribution in [-0.2, 0) is 11.3 Å². The number of amides is 1. The Morgan fingerprint density at radius 3 is 2.53 bits per heavy atom. The quantitative estimate of drug-likeness (QED) is 0.322. The molecule has 7 nitrogen and oxygen atoms in total. The number of aromatic nitrogens is 3. The number of carbonyl (C=O) groups excluding carboxylic acids is 1. The van der Waals surface area contributed by atoms with Crippen LogP contribution in [0.25, 0.3) is 21.9 Å². The zero-order valence-corrected chi connectivity index (χ0v) is 20.4. The fourth-order valence-electron chi connectivity index (χ4n) is 5.65. The van der Waals surface area contributed by atoms with Crippen molar-refractivity contribution in [3.63, 3.8) is 0 Å². The van der Waals surface area contributed by atoms with Crippen molar-refractivity contribution in [2.75, 3.05) is 23.3 Å². The van der Waals surface area contributed by atoms with Crippen molar-refractivity contribution < 1.29 is 4.79 Å². The van der Waals surface area contributed by atoms with E-state index in [2.05, 4.69) is 78.9 Å². The number of hydrogen-bond donors (Lipinski definition) is 3. The van der Waals surface area contributed by atoms with Gasteiger partial charge in [0.25, 0.3) is 0 Å². The molecular formula is C29H30N6O. The summed E-state index contributed by atoms with van der Waals surface area (Å²) in [5.74, 6) is -0.0603. The van der Waals surface area contributed by atoms with Crippen molar-refractivity contribution in [1.82, 2.24) is 14.1 Å². The number of para-hydroxylation sites is 4. The van der Waals surface area contributed by atoms with Gasteiger partial charge in [-0.25, -0.2) is 0 Å². The Kier molecular flexibility index (Phi) is 5.60. The topological polar surface area (TPSA) is 81.8 Å². The van der Waals surface area contributed by atoms with Crippen LogP contribution in [0.1, 0.15) is 31.4 Å². The summed E-state index contributed by atoms with van der Waals surface area (Å²) >= 11 is 0. The van der Waals surface area contributed by atoms with Gasteiger partial charge in [0.05, 0.1) is 29.0 Å². The lowest BCUT2D eigenvalue weighted by Crippen LogP contribution is -2.38. The molecule has 3 aromatic carbocycles. The number of anilines is 2. The van der Waals surface area contributed by atoms with Crippen LogP contribution in [0.2, 0.25) is 0 Å². The molecule has 36 heavy (non-hydrogen) atoms. The van der Waals surface area contributed by atoms with Crippen LogP contribution in [0.4, 0.5) is 11.4 Å². The van der Waals surface area contributed by atoms with E-state index in [0.29, 0.717) is 12.2 Å². The highest BCUT2D eigenvalue weighted by Crippen LogP contribution is 2.32. The lowest BCUT2D eigenvalue weighted by Gasteiger charge is -2.35. The number of fused-ring (bicyclic) bond motifs is 2. The maximum absolute atomic E-state index is 11.7. The number of hydrogen-bond acceptors (Lipinski definition) is 3. The van der Waals surface area contributed by atoms with E-state index in [1.807, 2.05) is 24.4 Å². The number of rotatable bonds is 5. The predicted molar refractivity (Wildman–Crippen MR) is 144 cm³/mol. The van der Waals surface area contributed by atoms with Gasteiger partial charge in [0, 0.05) is 43.2 Å². The van der Waals surface area contributed by atoms with Gasteiger partial charge < -0.3 is 24.3 Å². The monoisotopic (exact) mass is 478 g/mol. The van der Waals surface area contributed by atoms with Crippen LogP contribution in [0.5, 0.6) is 0 Å². The SMILES string of the molecule is CC(=O)Nc1ccccc1N1CCC(n2c(=N)n(Cc3cccc4[nH]ccc34)c3ccccc32)CC1. The molecule has 3 N–H and O–H groups in total. The minimum Gasteiger partial charge on any atom is -0.370 e. The number of piperidine rings is 1. The maximum Gasteiger partial charge on any atom is 0.221 e. The number of benzene rings is 3. The smallest absolute Gasteiger partial charge is 0.221 e. The maximum atomic E-state index is 11.7. The molecule has 0 atom stereocenters. The van der Waals surface area contributed by atoms with E-state index in [1.165, 1.54) is 10.9 Å². The third-order valence-electron chi connectivity index (χ3n) is 7.31. The van der Waals surface area contributed by atoms with Gasteiger partial charge in [0.2, 0.25) is 11.5 Å². The van der Waals surface area contributed by atoms with E-state index in [-0.39, 0.29) is 11.9 Å². The Hall–Kier alpha value is -4.26. The summed E-state index contributed by atoms with van der Waals surface area (Å²) in [7, 11) is 0. The van der Waals surface area contributed by atoms with Gasteiger partial charge in [-0.05, 0) is 54.8 Å². The minimum absolute atomic E-state index is 0.0603. The van der Waals surface area contributed by atoms with Gasteiger partial charge in [-0.1, -0.05) is 36.4 Å². The van der Waals surface area contributed by atoms with Crippen LogP contribution >= 0.6 is 0 Å². The first-order valence-electron chi connectivity index (χ1n) is 12.5. The summed E-state index contributed by atoms with van der Waals surface area (Å²) in [5, 5.41) is 13.4. The Morgan fingerprint density at radius 2 is 1.72 bits per heavy atom. The average molecular weight is 479 g/mol. The Morgan fingerprint density at radius 1 is 0.972 bits per heavy atom. The van der Waals surface area contributed by atoms with Crippen molar-refractivity contribution in [3.05, 3.63) is 90.2 Å². The first-order valence-corrected chi connectivity index (χ1v) is 12.5. The first-order chi connectivity index (χ1) is 17.6. The second kappa shape index (κ2) is 9.07. The molecule has 0 spiro atoms. The zero-order valence-electron chi connectivity index (χ0n) is 20.4. The fourth-order valence-corrected chi connectivity index (χ4v) is 5.65. The molecule has 0 aliphatic carbocycles. The second-order valence-corrected chi connectivity index (χ2v) is 9.54. The van der Waals surface area contributed by atoms with Crippen LogP contribution in [0.3, 0.4) is 0 Å². The molecule has 1 aliphatic heterocycles. The lowest BCUT2D eigenvalue weighted by atomic mass is 10.0. The molecule has 5 aromatic rings. The number of nitrogens with zero attached hydrogens (tertiary/aromatic N) is 3. The van der Waals surface area contributed by atoms with E-state index in [1.54, 1.807) is 6.92 Å². The van der Waals surface area contributed by atoms with E-state index in [0.717, 1.165) is 53.9 Å².